The smallest absolute Gasteiger partial charge is 0.309 e. The monoisotopic (exact) mass is 227 g/mol. The maximum absolute atomic E-state index is 11.5. The Hall–Kier alpha value is -1.10. The Labute approximate surface area is 96.1 Å². The third kappa shape index (κ3) is 3.20. The van der Waals surface area contributed by atoms with Crippen molar-refractivity contribution in [3.05, 3.63) is 0 Å². The number of hydrogen-bond donors (Lipinski definition) is 3. The Bertz CT molecular complexity index is 268. The van der Waals surface area contributed by atoms with Gasteiger partial charge in [-0.05, 0) is 24.7 Å². The molecular formula is C11H21N3O2. The molecule has 1 rings (SSSR count). The molecule has 0 spiro atoms. The number of rotatable bonds is 3. The zero-order valence-electron chi connectivity index (χ0n) is 9.95. The molecule has 3 atom stereocenters. The molecule has 0 aromatic rings. The van der Waals surface area contributed by atoms with Crippen LogP contribution in [0.3, 0.4) is 0 Å². The third-order valence-electron chi connectivity index (χ3n) is 3.42. The van der Waals surface area contributed by atoms with E-state index in [1.807, 2.05) is 0 Å². The summed E-state index contributed by atoms with van der Waals surface area (Å²) in [4.78, 5) is 22.8. The summed E-state index contributed by atoms with van der Waals surface area (Å²) >= 11 is 0. The highest BCUT2D eigenvalue weighted by atomic mass is 16.2. The average molecular weight is 227 g/mol. The first-order valence-corrected chi connectivity index (χ1v) is 5.85. The van der Waals surface area contributed by atoms with Crippen molar-refractivity contribution in [1.29, 1.82) is 0 Å². The molecule has 1 fully saturated rings. The van der Waals surface area contributed by atoms with Gasteiger partial charge in [0.05, 0.1) is 0 Å². The summed E-state index contributed by atoms with van der Waals surface area (Å²) in [6.45, 7) is 4.96. The van der Waals surface area contributed by atoms with Gasteiger partial charge in [0.25, 0.3) is 0 Å². The van der Waals surface area contributed by atoms with Crippen LogP contribution < -0.4 is 16.4 Å². The molecule has 1 saturated carbocycles. The fraction of sp³-hybridized carbons (Fsp3) is 0.818. The maximum atomic E-state index is 11.5. The van der Waals surface area contributed by atoms with Gasteiger partial charge < -0.3 is 16.4 Å². The quantitative estimate of drug-likeness (QED) is 0.574. The van der Waals surface area contributed by atoms with E-state index in [9.17, 15) is 9.59 Å². The summed E-state index contributed by atoms with van der Waals surface area (Å²) in [6.07, 6.45) is 2.06. The zero-order valence-corrected chi connectivity index (χ0v) is 9.95. The highest BCUT2D eigenvalue weighted by Crippen LogP contribution is 2.30. The zero-order chi connectivity index (χ0) is 12.1. The van der Waals surface area contributed by atoms with E-state index in [4.69, 9.17) is 5.73 Å². The Kier molecular flexibility index (Phi) is 4.73. The minimum absolute atomic E-state index is 0.131. The van der Waals surface area contributed by atoms with Crippen molar-refractivity contribution in [2.75, 3.05) is 13.1 Å². The molecule has 0 radical (unpaired) electrons. The lowest BCUT2D eigenvalue weighted by molar-refractivity contribution is -0.139. The normalized spacial score (nSPS) is 28.8. The van der Waals surface area contributed by atoms with E-state index in [-0.39, 0.29) is 6.04 Å². The molecule has 0 bridgehead atoms. The molecule has 0 aliphatic heterocycles. The second-order valence-corrected chi connectivity index (χ2v) is 4.54. The van der Waals surface area contributed by atoms with Gasteiger partial charge in [0.1, 0.15) is 0 Å². The molecule has 0 saturated heterocycles. The summed E-state index contributed by atoms with van der Waals surface area (Å²) in [5.74, 6) is -0.0831. The van der Waals surface area contributed by atoms with Crippen molar-refractivity contribution in [2.24, 2.45) is 17.6 Å². The average Bonchev–Trinajstić information content (AvgIpc) is 2.57. The molecule has 3 unspecified atom stereocenters. The summed E-state index contributed by atoms with van der Waals surface area (Å²) in [7, 11) is 0. The molecule has 1 aliphatic rings. The van der Waals surface area contributed by atoms with E-state index in [2.05, 4.69) is 24.5 Å². The SMILES string of the molecule is CC1CCC(NC(=O)C(=O)NCCN)C1C. The topological polar surface area (TPSA) is 84.2 Å². The van der Waals surface area contributed by atoms with Crippen LogP contribution in [0, 0.1) is 11.8 Å². The largest absolute Gasteiger partial charge is 0.347 e. The first-order chi connectivity index (χ1) is 7.56. The van der Waals surface area contributed by atoms with Crippen molar-refractivity contribution in [2.45, 2.75) is 32.7 Å². The summed E-state index contributed by atoms with van der Waals surface area (Å²) in [6, 6.07) is 0.131. The van der Waals surface area contributed by atoms with Crippen molar-refractivity contribution < 1.29 is 9.59 Å². The summed E-state index contributed by atoms with van der Waals surface area (Å²) in [5.41, 5.74) is 5.23. The van der Waals surface area contributed by atoms with E-state index in [1.165, 1.54) is 0 Å². The van der Waals surface area contributed by atoms with E-state index in [0.717, 1.165) is 12.8 Å². The van der Waals surface area contributed by atoms with E-state index >= 15 is 0 Å². The third-order valence-corrected chi connectivity index (χ3v) is 3.42. The standard InChI is InChI=1S/C11H21N3O2/c1-7-3-4-9(8(7)2)14-11(16)10(15)13-6-5-12/h7-9H,3-6,12H2,1-2H3,(H,13,15)(H,14,16). The van der Waals surface area contributed by atoms with Crippen molar-refractivity contribution in [1.82, 2.24) is 10.6 Å². The molecule has 5 heteroatoms. The number of nitrogens with two attached hydrogens (primary N) is 1. The Balaban J connectivity index is 2.37. The van der Waals surface area contributed by atoms with Crippen LogP contribution in [0.2, 0.25) is 0 Å². The predicted molar refractivity (Wildman–Crippen MR) is 61.6 cm³/mol. The van der Waals surface area contributed by atoms with E-state index in [0.29, 0.717) is 24.9 Å². The van der Waals surface area contributed by atoms with Crippen LogP contribution in [0.25, 0.3) is 0 Å². The number of amides is 2. The van der Waals surface area contributed by atoms with Gasteiger partial charge in [-0.15, -0.1) is 0 Å². The number of carbonyl (C=O) groups excluding carboxylic acids is 2. The number of hydrogen-bond acceptors (Lipinski definition) is 3. The van der Waals surface area contributed by atoms with Gasteiger partial charge in [-0.2, -0.15) is 0 Å². The Morgan fingerprint density at radius 1 is 1.25 bits per heavy atom. The Morgan fingerprint density at radius 3 is 2.44 bits per heavy atom. The van der Waals surface area contributed by atoms with Gasteiger partial charge >= 0.3 is 11.8 Å². The second-order valence-electron chi connectivity index (χ2n) is 4.54. The molecule has 2 amide bonds. The van der Waals surface area contributed by atoms with Crippen LogP contribution >= 0.6 is 0 Å². The maximum Gasteiger partial charge on any atom is 0.309 e. The highest BCUT2D eigenvalue weighted by molar-refractivity contribution is 6.35. The molecule has 1 aliphatic carbocycles. The van der Waals surface area contributed by atoms with Crippen LogP contribution in [0.5, 0.6) is 0 Å². The van der Waals surface area contributed by atoms with Crippen LogP contribution in [0.1, 0.15) is 26.7 Å². The molecule has 16 heavy (non-hydrogen) atoms. The molecular weight excluding hydrogens is 206 g/mol. The lowest BCUT2D eigenvalue weighted by Gasteiger charge is -2.19. The molecule has 0 aromatic carbocycles. The lowest BCUT2D eigenvalue weighted by Crippen LogP contribution is -2.46. The first-order valence-electron chi connectivity index (χ1n) is 5.85. The summed E-state index contributed by atoms with van der Waals surface area (Å²) < 4.78 is 0. The van der Waals surface area contributed by atoms with Crippen molar-refractivity contribution in [3.63, 3.8) is 0 Å². The van der Waals surface area contributed by atoms with Crippen molar-refractivity contribution >= 4 is 11.8 Å². The minimum Gasteiger partial charge on any atom is -0.347 e. The molecule has 0 heterocycles. The van der Waals surface area contributed by atoms with Gasteiger partial charge in [-0.3, -0.25) is 9.59 Å². The second kappa shape index (κ2) is 5.84. The minimum atomic E-state index is -0.586. The number of nitrogens with one attached hydrogen (secondary N) is 2. The van der Waals surface area contributed by atoms with Crippen LogP contribution in [0.4, 0.5) is 0 Å². The first kappa shape index (κ1) is 13.0. The van der Waals surface area contributed by atoms with Gasteiger partial charge in [-0.25, -0.2) is 0 Å². The van der Waals surface area contributed by atoms with Gasteiger partial charge in [0.2, 0.25) is 0 Å². The van der Waals surface area contributed by atoms with Gasteiger partial charge in [0, 0.05) is 19.1 Å². The van der Waals surface area contributed by atoms with Gasteiger partial charge in [0.15, 0.2) is 0 Å². The van der Waals surface area contributed by atoms with E-state index < -0.39 is 11.8 Å². The molecule has 5 nitrogen and oxygen atoms in total. The summed E-state index contributed by atoms with van der Waals surface area (Å²) in [5, 5.41) is 5.23. The fourth-order valence-electron chi connectivity index (χ4n) is 2.07. The van der Waals surface area contributed by atoms with E-state index in [1.54, 1.807) is 0 Å². The van der Waals surface area contributed by atoms with Crippen LogP contribution in [-0.2, 0) is 9.59 Å². The van der Waals surface area contributed by atoms with Crippen LogP contribution in [0.15, 0.2) is 0 Å². The Morgan fingerprint density at radius 2 is 1.94 bits per heavy atom. The molecule has 92 valence electrons. The molecule has 0 aromatic heterocycles. The number of carbonyl (C=O) groups is 2. The fourth-order valence-corrected chi connectivity index (χ4v) is 2.07. The van der Waals surface area contributed by atoms with Crippen LogP contribution in [-0.4, -0.2) is 30.9 Å². The predicted octanol–water partition coefficient (Wildman–Crippen LogP) is -0.388. The van der Waals surface area contributed by atoms with Crippen molar-refractivity contribution in [3.8, 4) is 0 Å². The highest BCUT2D eigenvalue weighted by Gasteiger charge is 2.31. The lowest BCUT2D eigenvalue weighted by atomic mass is 9.98. The molecule has 4 N–H and O–H groups in total. The van der Waals surface area contributed by atoms with Gasteiger partial charge in [-0.1, -0.05) is 13.8 Å².